The predicted octanol–water partition coefficient (Wildman–Crippen LogP) is 2.75. The van der Waals surface area contributed by atoms with Crippen LogP contribution in [0.3, 0.4) is 0 Å². The zero-order valence-corrected chi connectivity index (χ0v) is 7.54. The third-order valence-corrected chi connectivity index (χ3v) is 1.23. The molecule has 0 aromatic carbocycles. The fourth-order valence-electron chi connectivity index (χ4n) is 0.723. The van der Waals surface area contributed by atoms with Gasteiger partial charge in [-0.05, 0) is 6.07 Å². The van der Waals surface area contributed by atoms with E-state index in [1.54, 1.807) is 12.3 Å². The SMILES string of the molecule is C=Cc1cccnc1C=N.CC. The molecule has 0 radical (unpaired) electrons. The summed E-state index contributed by atoms with van der Waals surface area (Å²) in [4.78, 5) is 3.95. The lowest BCUT2D eigenvalue weighted by atomic mass is 10.2. The van der Waals surface area contributed by atoms with Gasteiger partial charge in [0.1, 0.15) is 0 Å². The van der Waals surface area contributed by atoms with E-state index in [0.29, 0.717) is 5.69 Å². The van der Waals surface area contributed by atoms with Crippen LogP contribution in [-0.2, 0) is 0 Å². The molecule has 0 aliphatic carbocycles. The zero-order chi connectivity index (χ0) is 9.40. The topological polar surface area (TPSA) is 36.7 Å². The van der Waals surface area contributed by atoms with Gasteiger partial charge in [-0.2, -0.15) is 0 Å². The molecule has 0 saturated carbocycles. The van der Waals surface area contributed by atoms with E-state index in [1.807, 2.05) is 26.0 Å². The molecule has 0 aliphatic heterocycles. The third-order valence-electron chi connectivity index (χ3n) is 1.23. The van der Waals surface area contributed by atoms with Crippen LogP contribution >= 0.6 is 0 Å². The second-order valence-electron chi connectivity index (χ2n) is 1.83. The van der Waals surface area contributed by atoms with E-state index in [1.165, 1.54) is 6.21 Å². The lowest BCUT2D eigenvalue weighted by Gasteiger charge is -1.94. The summed E-state index contributed by atoms with van der Waals surface area (Å²) in [5.74, 6) is 0. The highest BCUT2D eigenvalue weighted by atomic mass is 14.7. The number of nitrogens with one attached hydrogen (secondary N) is 1. The maximum Gasteiger partial charge on any atom is 0.0877 e. The first-order valence-corrected chi connectivity index (χ1v) is 3.96. The number of rotatable bonds is 2. The van der Waals surface area contributed by atoms with Crippen molar-refractivity contribution in [2.45, 2.75) is 13.8 Å². The Kier molecular flexibility index (Phi) is 5.53. The molecule has 0 spiro atoms. The zero-order valence-electron chi connectivity index (χ0n) is 7.54. The second-order valence-corrected chi connectivity index (χ2v) is 1.83. The molecule has 2 heteroatoms. The van der Waals surface area contributed by atoms with Crippen molar-refractivity contribution in [1.29, 1.82) is 5.41 Å². The maximum atomic E-state index is 6.95. The molecule has 1 aromatic rings. The molecular formula is C10H14N2. The van der Waals surface area contributed by atoms with Gasteiger partial charge in [0, 0.05) is 18.0 Å². The van der Waals surface area contributed by atoms with Crippen molar-refractivity contribution in [1.82, 2.24) is 4.98 Å². The van der Waals surface area contributed by atoms with E-state index in [-0.39, 0.29) is 0 Å². The van der Waals surface area contributed by atoms with Crippen LogP contribution in [0.5, 0.6) is 0 Å². The van der Waals surface area contributed by atoms with E-state index in [0.717, 1.165) is 5.56 Å². The summed E-state index contributed by atoms with van der Waals surface area (Å²) in [5.41, 5.74) is 1.56. The fourth-order valence-corrected chi connectivity index (χ4v) is 0.723. The first-order chi connectivity index (χ1) is 5.88. The average Bonchev–Trinajstić information content (AvgIpc) is 2.20. The summed E-state index contributed by atoms with van der Waals surface area (Å²) < 4.78 is 0. The van der Waals surface area contributed by atoms with Crippen LogP contribution in [-0.4, -0.2) is 11.2 Å². The monoisotopic (exact) mass is 162 g/mol. The molecule has 1 heterocycles. The van der Waals surface area contributed by atoms with Crippen molar-refractivity contribution in [3.8, 4) is 0 Å². The van der Waals surface area contributed by atoms with Gasteiger partial charge in [-0.25, -0.2) is 0 Å². The highest BCUT2D eigenvalue weighted by Crippen LogP contribution is 2.02. The van der Waals surface area contributed by atoms with Crippen LogP contribution in [0.15, 0.2) is 24.9 Å². The quantitative estimate of drug-likeness (QED) is 0.667. The minimum Gasteiger partial charge on any atom is -0.306 e. The van der Waals surface area contributed by atoms with Crippen LogP contribution in [0, 0.1) is 5.41 Å². The Balaban J connectivity index is 0.000000561. The number of aromatic nitrogens is 1. The largest absolute Gasteiger partial charge is 0.306 e. The maximum absolute atomic E-state index is 6.95. The van der Waals surface area contributed by atoms with Crippen LogP contribution in [0.4, 0.5) is 0 Å². The fraction of sp³-hybridized carbons (Fsp3) is 0.200. The van der Waals surface area contributed by atoms with Gasteiger partial charge in [-0.1, -0.05) is 32.6 Å². The Bertz CT molecular complexity index is 227. The van der Waals surface area contributed by atoms with Gasteiger partial charge in [0.15, 0.2) is 0 Å². The molecular weight excluding hydrogens is 148 g/mol. The molecule has 0 saturated heterocycles. The van der Waals surface area contributed by atoms with E-state index in [4.69, 9.17) is 5.41 Å². The summed E-state index contributed by atoms with van der Waals surface area (Å²) in [7, 11) is 0. The Labute approximate surface area is 73.5 Å². The van der Waals surface area contributed by atoms with Crippen molar-refractivity contribution in [3.05, 3.63) is 36.2 Å². The van der Waals surface area contributed by atoms with E-state index in [2.05, 4.69) is 11.6 Å². The molecule has 1 aromatic heterocycles. The third kappa shape index (κ3) is 2.66. The minimum atomic E-state index is 0.664. The van der Waals surface area contributed by atoms with E-state index >= 15 is 0 Å². The highest BCUT2D eigenvalue weighted by Gasteiger charge is 1.92. The molecule has 0 fully saturated rings. The Morgan fingerprint density at radius 1 is 1.50 bits per heavy atom. The first-order valence-electron chi connectivity index (χ1n) is 3.96. The van der Waals surface area contributed by atoms with Gasteiger partial charge in [0.25, 0.3) is 0 Å². The predicted molar refractivity (Wildman–Crippen MR) is 53.6 cm³/mol. The molecule has 2 nitrogen and oxygen atoms in total. The molecule has 64 valence electrons. The molecule has 0 amide bonds. The van der Waals surface area contributed by atoms with Gasteiger partial charge in [-0.3, -0.25) is 4.98 Å². The summed E-state index contributed by atoms with van der Waals surface area (Å²) in [6, 6.07) is 3.70. The average molecular weight is 162 g/mol. The minimum absolute atomic E-state index is 0.664. The highest BCUT2D eigenvalue weighted by molar-refractivity contribution is 5.80. The van der Waals surface area contributed by atoms with Gasteiger partial charge < -0.3 is 5.41 Å². The molecule has 0 unspecified atom stereocenters. The van der Waals surface area contributed by atoms with Crippen molar-refractivity contribution in [3.63, 3.8) is 0 Å². The van der Waals surface area contributed by atoms with Crippen molar-refractivity contribution < 1.29 is 0 Å². The van der Waals surface area contributed by atoms with Gasteiger partial charge >= 0.3 is 0 Å². The molecule has 0 aliphatic rings. The number of nitrogens with zero attached hydrogens (tertiary/aromatic N) is 1. The second kappa shape index (κ2) is 6.28. The smallest absolute Gasteiger partial charge is 0.0877 e. The van der Waals surface area contributed by atoms with Crippen molar-refractivity contribution in [2.75, 3.05) is 0 Å². The normalized spacial score (nSPS) is 7.83. The van der Waals surface area contributed by atoms with Gasteiger partial charge in [-0.15, -0.1) is 0 Å². The van der Waals surface area contributed by atoms with Crippen molar-refractivity contribution in [2.24, 2.45) is 0 Å². The number of pyridine rings is 1. The van der Waals surface area contributed by atoms with Crippen molar-refractivity contribution >= 4 is 12.3 Å². The summed E-state index contributed by atoms with van der Waals surface area (Å²) in [6.07, 6.45) is 4.57. The lowest BCUT2D eigenvalue weighted by molar-refractivity contribution is 1.28. The Morgan fingerprint density at radius 3 is 2.58 bits per heavy atom. The van der Waals surface area contributed by atoms with Gasteiger partial charge in [0.2, 0.25) is 0 Å². The number of hydrogen-bond donors (Lipinski definition) is 1. The van der Waals surface area contributed by atoms with E-state index < -0.39 is 0 Å². The van der Waals surface area contributed by atoms with Crippen LogP contribution in [0.1, 0.15) is 25.1 Å². The molecule has 12 heavy (non-hydrogen) atoms. The number of hydrogen-bond acceptors (Lipinski definition) is 2. The van der Waals surface area contributed by atoms with E-state index in [9.17, 15) is 0 Å². The van der Waals surface area contributed by atoms with Crippen LogP contribution < -0.4 is 0 Å². The summed E-state index contributed by atoms with van der Waals surface area (Å²) in [6.45, 7) is 7.60. The summed E-state index contributed by atoms with van der Waals surface area (Å²) in [5, 5.41) is 6.95. The first kappa shape index (κ1) is 10.6. The van der Waals surface area contributed by atoms with Gasteiger partial charge in [0.05, 0.1) is 5.69 Å². The molecule has 0 atom stereocenters. The summed E-state index contributed by atoms with van der Waals surface area (Å²) >= 11 is 0. The Hall–Kier alpha value is -1.44. The standard InChI is InChI=1S/C8H8N2.C2H6/c1-2-7-4-3-5-10-8(7)6-9;1-2/h2-6,9H,1H2;1-2H3. The Morgan fingerprint density at radius 2 is 2.17 bits per heavy atom. The van der Waals surface area contributed by atoms with Crippen LogP contribution in [0.2, 0.25) is 0 Å². The molecule has 0 bridgehead atoms. The molecule has 1 N–H and O–H groups in total. The van der Waals surface area contributed by atoms with Crippen LogP contribution in [0.25, 0.3) is 6.08 Å². The lowest BCUT2D eigenvalue weighted by Crippen LogP contribution is -1.88. The molecule has 1 rings (SSSR count).